The third-order valence-electron chi connectivity index (χ3n) is 5.17. The van der Waals surface area contributed by atoms with Crippen molar-refractivity contribution in [1.29, 1.82) is 0 Å². The van der Waals surface area contributed by atoms with E-state index in [2.05, 4.69) is 19.6 Å². The topological polar surface area (TPSA) is 63.7 Å². The van der Waals surface area contributed by atoms with Crippen LogP contribution in [0.3, 0.4) is 0 Å². The summed E-state index contributed by atoms with van der Waals surface area (Å²) < 4.78 is 33.3. The average molecular weight is 432 g/mol. The van der Waals surface area contributed by atoms with E-state index >= 15 is 0 Å². The first-order chi connectivity index (χ1) is 13.6. The molecule has 0 bridgehead atoms. The van der Waals surface area contributed by atoms with Gasteiger partial charge in [-0.1, -0.05) is 68.2 Å². The summed E-state index contributed by atoms with van der Waals surface area (Å²) in [5.41, 5.74) is 1.22. The van der Waals surface area contributed by atoms with Crippen LogP contribution in [0.1, 0.15) is 18.5 Å². The molecule has 0 N–H and O–H groups in total. The molecule has 2 aromatic rings. The molecule has 0 amide bonds. The number of benzene rings is 2. The maximum atomic E-state index is 13.3. The lowest BCUT2D eigenvalue weighted by Gasteiger charge is -2.28. The Kier molecular flexibility index (Phi) is 6.31. The number of esters is 1. The molecule has 0 saturated carbocycles. The minimum Gasteiger partial charge on any atom is -0.463 e. The van der Waals surface area contributed by atoms with E-state index in [0.29, 0.717) is 11.6 Å². The van der Waals surface area contributed by atoms with E-state index in [1.54, 1.807) is 13.0 Å². The van der Waals surface area contributed by atoms with E-state index in [1.165, 1.54) is 4.31 Å². The number of fused-ring (bicyclic) bond motifs is 1. The van der Waals surface area contributed by atoms with E-state index in [0.717, 1.165) is 16.3 Å². The Bertz CT molecular complexity index is 1030. The Morgan fingerprint density at radius 2 is 1.83 bits per heavy atom. The van der Waals surface area contributed by atoms with E-state index in [4.69, 9.17) is 4.74 Å². The van der Waals surface area contributed by atoms with Gasteiger partial charge in [-0.2, -0.15) is 4.31 Å². The van der Waals surface area contributed by atoms with Crippen LogP contribution < -0.4 is 0 Å². The van der Waals surface area contributed by atoms with Gasteiger partial charge in [0.15, 0.2) is 0 Å². The van der Waals surface area contributed by atoms with Crippen LogP contribution in [0.2, 0.25) is 25.7 Å². The highest BCUT2D eigenvalue weighted by atomic mass is 32.2. The predicted molar refractivity (Wildman–Crippen MR) is 120 cm³/mol. The molecular weight excluding hydrogens is 402 g/mol. The molecule has 0 aromatic heterocycles. The highest BCUT2D eigenvalue weighted by molar-refractivity contribution is 7.89. The van der Waals surface area contributed by atoms with Gasteiger partial charge in [0.2, 0.25) is 10.0 Å². The largest absolute Gasteiger partial charge is 0.463 e. The van der Waals surface area contributed by atoms with Crippen molar-refractivity contribution in [2.75, 3.05) is 18.9 Å². The van der Waals surface area contributed by atoms with E-state index in [1.807, 2.05) is 42.5 Å². The molecule has 1 atom stereocenters. The first-order valence-corrected chi connectivity index (χ1v) is 15.3. The van der Waals surface area contributed by atoms with Crippen LogP contribution in [0, 0.1) is 0 Å². The smallest absolute Gasteiger partial charge is 0.335 e. The number of sulfonamides is 1. The maximum Gasteiger partial charge on any atom is 0.335 e. The second kappa shape index (κ2) is 8.42. The molecule has 0 saturated heterocycles. The number of carbonyl (C=O) groups is 1. The van der Waals surface area contributed by atoms with Gasteiger partial charge in [0, 0.05) is 14.6 Å². The molecule has 7 heteroatoms. The fourth-order valence-corrected chi connectivity index (χ4v) is 8.17. The van der Waals surface area contributed by atoms with Crippen molar-refractivity contribution in [2.24, 2.45) is 0 Å². The fraction of sp³-hybridized carbons (Fsp3) is 0.409. The minimum atomic E-state index is -3.53. The van der Waals surface area contributed by atoms with Crippen LogP contribution in [0.15, 0.2) is 54.1 Å². The molecule has 0 aliphatic carbocycles. The quantitative estimate of drug-likeness (QED) is 0.483. The average Bonchev–Trinajstić information content (AvgIpc) is 3.12. The van der Waals surface area contributed by atoms with Gasteiger partial charge in [-0.15, -0.1) is 0 Å². The first-order valence-electron chi connectivity index (χ1n) is 9.98. The summed E-state index contributed by atoms with van der Waals surface area (Å²) in [6, 6.07) is 13.7. The Hall–Kier alpha value is -1.96. The maximum absolute atomic E-state index is 13.3. The van der Waals surface area contributed by atoms with Crippen LogP contribution in [0.5, 0.6) is 0 Å². The van der Waals surface area contributed by atoms with Crippen molar-refractivity contribution in [1.82, 2.24) is 4.31 Å². The summed E-state index contributed by atoms with van der Waals surface area (Å²) >= 11 is 0. The Balaban J connectivity index is 2.07. The molecule has 0 fully saturated rings. The van der Waals surface area contributed by atoms with Crippen LogP contribution >= 0.6 is 0 Å². The molecule has 1 unspecified atom stereocenters. The third kappa shape index (κ3) is 4.79. The Labute approximate surface area is 174 Å². The zero-order valence-electron chi connectivity index (χ0n) is 17.5. The molecule has 0 radical (unpaired) electrons. The van der Waals surface area contributed by atoms with E-state index < -0.39 is 30.1 Å². The lowest BCUT2D eigenvalue weighted by atomic mass is 9.95. The monoisotopic (exact) mass is 431 g/mol. The van der Waals surface area contributed by atoms with Gasteiger partial charge >= 0.3 is 5.97 Å². The van der Waals surface area contributed by atoms with Crippen molar-refractivity contribution >= 4 is 34.8 Å². The number of hydrogen-bond donors (Lipinski definition) is 0. The van der Waals surface area contributed by atoms with E-state index in [9.17, 15) is 13.2 Å². The fourth-order valence-electron chi connectivity index (χ4n) is 3.61. The number of carbonyl (C=O) groups excluding carboxylic acids is 1. The van der Waals surface area contributed by atoms with Gasteiger partial charge in [-0.05, 0) is 29.3 Å². The van der Waals surface area contributed by atoms with Crippen LogP contribution in [0.4, 0.5) is 0 Å². The van der Waals surface area contributed by atoms with Gasteiger partial charge in [-0.25, -0.2) is 13.2 Å². The van der Waals surface area contributed by atoms with Crippen LogP contribution in [0.25, 0.3) is 10.8 Å². The summed E-state index contributed by atoms with van der Waals surface area (Å²) in [7, 11) is -5.06. The third-order valence-corrected chi connectivity index (χ3v) is 9.08. The summed E-state index contributed by atoms with van der Waals surface area (Å²) in [6.07, 6.45) is 1.70. The van der Waals surface area contributed by atoms with Crippen LogP contribution in [-0.4, -0.2) is 45.7 Å². The lowest BCUT2D eigenvalue weighted by molar-refractivity contribution is -0.138. The molecule has 1 heterocycles. The van der Waals surface area contributed by atoms with E-state index in [-0.39, 0.29) is 18.9 Å². The van der Waals surface area contributed by atoms with Crippen molar-refractivity contribution in [3.05, 3.63) is 59.7 Å². The number of rotatable bonds is 7. The number of nitrogens with zero attached hydrogens (tertiary/aromatic N) is 1. The van der Waals surface area contributed by atoms with Crippen molar-refractivity contribution < 1.29 is 17.9 Å². The number of ether oxygens (including phenoxy) is 1. The minimum absolute atomic E-state index is 0.105. The molecule has 2 aromatic carbocycles. The van der Waals surface area contributed by atoms with Gasteiger partial charge in [-0.3, -0.25) is 0 Å². The molecule has 29 heavy (non-hydrogen) atoms. The second-order valence-corrected chi connectivity index (χ2v) is 16.2. The molecule has 3 rings (SSSR count). The van der Waals surface area contributed by atoms with Gasteiger partial charge in [0.1, 0.15) is 0 Å². The highest BCUT2D eigenvalue weighted by Gasteiger charge is 2.41. The van der Waals surface area contributed by atoms with Crippen LogP contribution in [-0.2, 0) is 19.6 Å². The highest BCUT2D eigenvalue weighted by Crippen LogP contribution is 2.39. The van der Waals surface area contributed by atoms with Gasteiger partial charge < -0.3 is 4.74 Å². The van der Waals surface area contributed by atoms with Crippen molar-refractivity contribution in [3.8, 4) is 0 Å². The normalized spacial score (nSPS) is 18.1. The number of hydrogen-bond acceptors (Lipinski definition) is 4. The standard InChI is InChI=1S/C22H29NO4SSi/c1-5-27-22(24)20-13-14-23(28(25,26)15-16-29(2,3)4)21(20)19-12-8-10-17-9-6-7-11-18(17)19/h6-13,21H,5,14-16H2,1-4H3. The molecule has 0 spiro atoms. The van der Waals surface area contributed by atoms with Gasteiger partial charge in [0.05, 0.1) is 24.0 Å². The molecule has 156 valence electrons. The predicted octanol–water partition coefficient (Wildman–Crippen LogP) is 4.35. The summed E-state index contributed by atoms with van der Waals surface area (Å²) in [5, 5.41) is 1.96. The SMILES string of the molecule is CCOC(=O)C1=CCN(S(=O)(=O)CC[Si](C)(C)C)C1c1cccc2ccccc12. The Morgan fingerprint density at radius 1 is 1.14 bits per heavy atom. The summed E-state index contributed by atoms with van der Waals surface area (Å²) in [5.74, 6) is -0.346. The van der Waals surface area contributed by atoms with Crippen molar-refractivity contribution in [2.45, 2.75) is 38.7 Å². The second-order valence-electron chi connectivity index (χ2n) is 8.55. The Morgan fingerprint density at radius 3 is 2.52 bits per heavy atom. The summed E-state index contributed by atoms with van der Waals surface area (Å²) in [4.78, 5) is 12.6. The first kappa shape index (κ1) is 21.7. The molecule has 5 nitrogen and oxygen atoms in total. The van der Waals surface area contributed by atoms with Gasteiger partial charge in [0.25, 0.3) is 0 Å². The molecule has 1 aliphatic heterocycles. The zero-order valence-corrected chi connectivity index (χ0v) is 19.3. The molecule has 1 aliphatic rings. The lowest BCUT2D eigenvalue weighted by Crippen LogP contribution is -2.37. The van der Waals surface area contributed by atoms with Crippen molar-refractivity contribution in [3.63, 3.8) is 0 Å². The summed E-state index contributed by atoms with van der Waals surface area (Å²) in [6.45, 7) is 8.69. The zero-order chi connectivity index (χ0) is 21.2. The molecular formula is C22H29NO4SSi.